The van der Waals surface area contributed by atoms with Crippen molar-refractivity contribution in [2.75, 3.05) is 13.7 Å². The third-order valence-electron chi connectivity index (χ3n) is 4.52. The number of carbonyl (C=O) groups is 1. The molecule has 7 heteroatoms. The van der Waals surface area contributed by atoms with Gasteiger partial charge in [-0.15, -0.1) is 10.2 Å². The molecule has 2 aromatic carbocycles. The molecule has 1 amide bonds. The Morgan fingerprint density at radius 2 is 1.87 bits per heavy atom. The van der Waals surface area contributed by atoms with E-state index in [0.29, 0.717) is 24.7 Å². The molecule has 0 aliphatic rings. The minimum Gasteiger partial charge on any atom is -0.490 e. The van der Waals surface area contributed by atoms with E-state index in [1.165, 1.54) is 0 Å². The van der Waals surface area contributed by atoms with Gasteiger partial charge >= 0.3 is 0 Å². The molecule has 0 saturated heterocycles. The quantitative estimate of drug-likeness (QED) is 0.554. The zero-order valence-corrected chi connectivity index (χ0v) is 16.9. The highest BCUT2D eigenvalue weighted by Gasteiger charge is 2.13. The zero-order valence-electron chi connectivity index (χ0n) is 16.9. The maximum absolute atomic E-state index is 12.4. The summed E-state index contributed by atoms with van der Waals surface area (Å²) in [6.45, 7) is 4.55. The summed E-state index contributed by atoms with van der Waals surface area (Å²) < 4.78 is 5.44. The molecular weight excluding hydrogens is 380 g/mol. The Hall–Kier alpha value is -3.74. The van der Waals surface area contributed by atoms with Gasteiger partial charge in [-0.25, -0.2) is 0 Å². The van der Waals surface area contributed by atoms with Crippen LogP contribution in [0, 0.1) is 0 Å². The number of hydrogen-bond acceptors (Lipinski definition) is 5. The van der Waals surface area contributed by atoms with Gasteiger partial charge in [-0.05, 0) is 29.8 Å². The van der Waals surface area contributed by atoms with Crippen LogP contribution in [-0.4, -0.2) is 39.6 Å². The van der Waals surface area contributed by atoms with Crippen LogP contribution in [0.15, 0.2) is 72.0 Å². The number of hydrogen-bond donors (Lipinski definition) is 1. The van der Waals surface area contributed by atoms with E-state index in [9.17, 15) is 9.59 Å². The fraction of sp³-hybridized carbons (Fsp3) is 0.217. The molecule has 0 fully saturated rings. The van der Waals surface area contributed by atoms with E-state index in [-0.39, 0.29) is 30.0 Å². The Morgan fingerprint density at radius 1 is 1.13 bits per heavy atom. The van der Waals surface area contributed by atoms with Gasteiger partial charge in [0, 0.05) is 32.0 Å². The Morgan fingerprint density at radius 3 is 2.53 bits per heavy atom. The Kier molecular flexibility index (Phi) is 7.10. The fourth-order valence-electron chi connectivity index (χ4n) is 2.88. The third-order valence-corrected chi connectivity index (χ3v) is 4.52. The summed E-state index contributed by atoms with van der Waals surface area (Å²) in [5.74, 6) is 1.01. The maximum atomic E-state index is 12.4. The smallest absolute Gasteiger partial charge is 0.273 e. The number of aryl methyl sites for hydroxylation is 1. The van der Waals surface area contributed by atoms with Crippen molar-refractivity contribution >= 4 is 5.91 Å². The van der Waals surface area contributed by atoms with Crippen LogP contribution >= 0.6 is 0 Å². The summed E-state index contributed by atoms with van der Waals surface area (Å²) in [6.07, 6.45) is 2.09. The number of aromatic amines is 1. The van der Waals surface area contributed by atoms with Crippen molar-refractivity contribution in [1.29, 1.82) is 0 Å². The molecule has 154 valence electrons. The number of nitrogens with one attached hydrogen (secondary N) is 1. The van der Waals surface area contributed by atoms with E-state index < -0.39 is 0 Å². The highest BCUT2D eigenvalue weighted by Crippen LogP contribution is 2.18. The van der Waals surface area contributed by atoms with E-state index in [0.717, 1.165) is 11.1 Å². The third kappa shape index (κ3) is 5.64. The van der Waals surface area contributed by atoms with Crippen LogP contribution < -0.4 is 10.3 Å². The SMILES string of the molecule is C=CCOc1ccc(-c2nnc(CCC(=O)N(C)Cc3ccccc3)c(=O)[nH]2)cc1. The minimum atomic E-state index is -0.342. The lowest BCUT2D eigenvalue weighted by atomic mass is 10.2. The zero-order chi connectivity index (χ0) is 21.3. The highest BCUT2D eigenvalue weighted by atomic mass is 16.5. The van der Waals surface area contributed by atoms with Crippen molar-refractivity contribution in [1.82, 2.24) is 20.1 Å². The van der Waals surface area contributed by atoms with E-state index in [1.54, 1.807) is 42.3 Å². The highest BCUT2D eigenvalue weighted by molar-refractivity contribution is 5.76. The molecule has 7 nitrogen and oxygen atoms in total. The monoisotopic (exact) mass is 404 g/mol. The summed E-state index contributed by atoms with van der Waals surface area (Å²) in [6, 6.07) is 16.9. The molecule has 30 heavy (non-hydrogen) atoms. The van der Waals surface area contributed by atoms with E-state index in [4.69, 9.17) is 4.74 Å². The van der Waals surface area contributed by atoms with Crippen molar-refractivity contribution in [3.63, 3.8) is 0 Å². The van der Waals surface area contributed by atoms with Gasteiger partial charge in [0.1, 0.15) is 18.1 Å². The van der Waals surface area contributed by atoms with Gasteiger partial charge in [-0.1, -0.05) is 43.0 Å². The number of benzene rings is 2. The summed E-state index contributed by atoms with van der Waals surface area (Å²) in [7, 11) is 1.75. The molecule has 0 radical (unpaired) electrons. The van der Waals surface area contributed by atoms with Crippen molar-refractivity contribution in [2.45, 2.75) is 19.4 Å². The molecule has 0 atom stereocenters. The Balaban J connectivity index is 1.59. The summed E-state index contributed by atoms with van der Waals surface area (Å²) in [4.78, 5) is 29.1. The number of amides is 1. The molecule has 0 aliphatic heterocycles. The van der Waals surface area contributed by atoms with Gasteiger partial charge < -0.3 is 14.6 Å². The molecule has 1 N–H and O–H groups in total. The van der Waals surface area contributed by atoms with Gasteiger partial charge in [-0.2, -0.15) is 0 Å². The lowest BCUT2D eigenvalue weighted by molar-refractivity contribution is -0.130. The van der Waals surface area contributed by atoms with Gasteiger partial charge in [0.15, 0.2) is 5.82 Å². The fourth-order valence-corrected chi connectivity index (χ4v) is 2.88. The first-order valence-electron chi connectivity index (χ1n) is 9.64. The molecule has 1 aromatic heterocycles. The number of nitrogens with zero attached hydrogens (tertiary/aromatic N) is 3. The molecular formula is C23H24N4O3. The van der Waals surface area contributed by atoms with Crippen LogP contribution in [-0.2, 0) is 17.8 Å². The Bertz CT molecular complexity index is 1050. The molecule has 3 rings (SSSR count). The molecule has 0 unspecified atom stereocenters. The second-order valence-electron chi connectivity index (χ2n) is 6.81. The molecule has 3 aromatic rings. The summed E-state index contributed by atoms with van der Waals surface area (Å²) >= 11 is 0. The largest absolute Gasteiger partial charge is 0.490 e. The van der Waals surface area contributed by atoms with Crippen LogP contribution in [0.5, 0.6) is 5.75 Å². The molecule has 0 saturated carbocycles. The predicted octanol–water partition coefficient (Wildman–Crippen LogP) is 2.99. The second-order valence-corrected chi connectivity index (χ2v) is 6.81. The topological polar surface area (TPSA) is 88.2 Å². The van der Waals surface area contributed by atoms with Crippen molar-refractivity contribution in [2.24, 2.45) is 0 Å². The molecule has 1 heterocycles. The van der Waals surface area contributed by atoms with E-state index >= 15 is 0 Å². The van der Waals surface area contributed by atoms with Crippen LogP contribution in [0.1, 0.15) is 17.7 Å². The van der Waals surface area contributed by atoms with Crippen LogP contribution in [0.4, 0.5) is 0 Å². The summed E-state index contributed by atoms with van der Waals surface area (Å²) in [5.41, 5.74) is 1.67. The van der Waals surface area contributed by atoms with Crippen LogP contribution in [0.25, 0.3) is 11.4 Å². The van der Waals surface area contributed by atoms with E-state index in [1.807, 2.05) is 30.3 Å². The summed E-state index contributed by atoms with van der Waals surface area (Å²) in [5, 5.41) is 8.14. The standard InChI is InChI=1S/C23H24N4O3/c1-3-15-30-19-11-9-18(10-12-19)22-24-23(29)20(25-26-22)13-14-21(28)27(2)16-17-7-5-4-6-8-17/h3-12H,1,13-16H2,2H3,(H,24,26,29). The average molecular weight is 404 g/mol. The van der Waals surface area contributed by atoms with Crippen LogP contribution in [0.3, 0.4) is 0 Å². The molecule has 0 aliphatic carbocycles. The lowest BCUT2D eigenvalue weighted by Gasteiger charge is -2.17. The average Bonchev–Trinajstić information content (AvgIpc) is 2.77. The van der Waals surface area contributed by atoms with Crippen molar-refractivity contribution in [3.8, 4) is 17.1 Å². The maximum Gasteiger partial charge on any atom is 0.273 e. The lowest BCUT2D eigenvalue weighted by Crippen LogP contribution is -2.27. The van der Waals surface area contributed by atoms with Gasteiger partial charge in [-0.3, -0.25) is 9.59 Å². The first-order valence-corrected chi connectivity index (χ1v) is 9.64. The molecule has 0 bridgehead atoms. The van der Waals surface area contributed by atoms with Gasteiger partial charge in [0.2, 0.25) is 5.91 Å². The minimum absolute atomic E-state index is 0.0563. The van der Waals surface area contributed by atoms with E-state index in [2.05, 4.69) is 21.8 Å². The number of carbonyl (C=O) groups excluding carboxylic acids is 1. The Labute approximate surface area is 175 Å². The van der Waals surface area contributed by atoms with Crippen molar-refractivity contribution < 1.29 is 9.53 Å². The number of ether oxygens (including phenoxy) is 1. The van der Waals surface area contributed by atoms with Crippen molar-refractivity contribution in [3.05, 3.63) is 88.9 Å². The number of rotatable bonds is 9. The first-order chi connectivity index (χ1) is 14.6. The first kappa shape index (κ1) is 21.0. The van der Waals surface area contributed by atoms with Gasteiger partial charge in [0.25, 0.3) is 5.56 Å². The normalized spacial score (nSPS) is 10.4. The van der Waals surface area contributed by atoms with Gasteiger partial charge in [0.05, 0.1) is 0 Å². The number of H-pyrrole nitrogens is 1. The predicted molar refractivity (Wildman–Crippen MR) is 115 cm³/mol. The second kappa shape index (κ2) is 10.2. The van der Waals surface area contributed by atoms with Crippen LogP contribution in [0.2, 0.25) is 0 Å². The molecule has 0 spiro atoms. The number of aromatic nitrogens is 3.